The molecule has 1 heterocycles. The lowest BCUT2D eigenvalue weighted by atomic mass is 9.76. The van der Waals surface area contributed by atoms with E-state index in [1.54, 1.807) is 18.2 Å². The highest BCUT2D eigenvalue weighted by Gasteiger charge is 2.59. The lowest BCUT2D eigenvalue weighted by Crippen LogP contribution is -2.44. The van der Waals surface area contributed by atoms with E-state index in [1.165, 1.54) is 53.4 Å². The van der Waals surface area contributed by atoms with Gasteiger partial charge in [-0.1, -0.05) is 48.0 Å². The summed E-state index contributed by atoms with van der Waals surface area (Å²) < 4.78 is 27.6. The number of aliphatic carboxylic acids is 1. The third kappa shape index (κ3) is 4.30. The van der Waals surface area contributed by atoms with Crippen LogP contribution in [0.25, 0.3) is 0 Å². The maximum atomic E-state index is 14.1. The van der Waals surface area contributed by atoms with Crippen molar-refractivity contribution in [3.63, 3.8) is 0 Å². The first-order chi connectivity index (χ1) is 17.3. The molecular formula is C29H25F2NO4. The molecule has 0 aromatic heterocycles. The lowest BCUT2D eigenvalue weighted by Gasteiger charge is -2.30. The van der Waals surface area contributed by atoms with Crippen molar-refractivity contribution in [2.24, 2.45) is 11.8 Å². The van der Waals surface area contributed by atoms with Crippen LogP contribution in [-0.2, 0) is 9.59 Å². The van der Waals surface area contributed by atoms with Crippen molar-refractivity contribution < 1.29 is 28.3 Å². The summed E-state index contributed by atoms with van der Waals surface area (Å²) in [7, 11) is 0. The maximum absolute atomic E-state index is 14.1. The van der Waals surface area contributed by atoms with Crippen LogP contribution in [-0.4, -0.2) is 33.7 Å². The van der Waals surface area contributed by atoms with Gasteiger partial charge in [-0.2, -0.15) is 0 Å². The zero-order valence-electron chi connectivity index (χ0n) is 19.6. The van der Waals surface area contributed by atoms with Gasteiger partial charge < -0.3 is 10.0 Å². The van der Waals surface area contributed by atoms with Crippen LogP contribution in [0.4, 0.5) is 8.78 Å². The van der Waals surface area contributed by atoms with E-state index < -0.39 is 41.5 Å². The van der Waals surface area contributed by atoms with Crippen LogP contribution < -0.4 is 0 Å². The number of amides is 1. The number of hydrogen-bond acceptors (Lipinski definition) is 3. The molecule has 2 aliphatic rings. The number of rotatable bonds is 6. The van der Waals surface area contributed by atoms with Gasteiger partial charge in [0.25, 0.3) is 0 Å². The molecule has 36 heavy (non-hydrogen) atoms. The average Bonchev–Trinajstić information content (AvgIpc) is 3.65. The number of hydrogen-bond donors (Lipinski definition) is 1. The van der Waals surface area contributed by atoms with E-state index in [0.29, 0.717) is 29.5 Å². The Morgan fingerprint density at radius 1 is 0.861 bits per heavy atom. The van der Waals surface area contributed by atoms with Gasteiger partial charge in [0.2, 0.25) is 5.91 Å². The Bertz CT molecular complexity index is 1320. The molecule has 1 saturated carbocycles. The Balaban J connectivity index is 1.74. The van der Waals surface area contributed by atoms with Crippen LogP contribution >= 0.6 is 0 Å². The Kier molecular flexibility index (Phi) is 6.16. The second-order valence-corrected chi connectivity index (χ2v) is 9.64. The fourth-order valence-electron chi connectivity index (χ4n) is 5.40. The number of carboxylic acid groups (broad SMARTS) is 1. The number of nitrogens with zero attached hydrogens (tertiary/aromatic N) is 1. The minimum atomic E-state index is -1.35. The van der Waals surface area contributed by atoms with Gasteiger partial charge in [0.15, 0.2) is 5.78 Å². The first-order valence-corrected chi connectivity index (χ1v) is 11.9. The summed E-state index contributed by atoms with van der Waals surface area (Å²) in [6.45, 7) is 1.85. The van der Waals surface area contributed by atoms with Gasteiger partial charge in [-0.05, 0) is 61.2 Å². The van der Waals surface area contributed by atoms with Crippen LogP contribution in [0.2, 0.25) is 0 Å². The molecule has 2 fully saturated rings. The number of halogens is 2. The highest BCUT2D eigenvalue weighted by atomic mass is 19.1. The summed E-state index contributed by atoms with van der Waals surface area (Å²) in [5.41, 5.74) is 2.18. The number of aryl methyl sites for hydroxylation is 1. The fourth-order valence-corrected chi connectivity index (χ4v) is 5.40. The summed E-state index contributed by atoms with van der Waals surface area (Å²) >= 11 is 0. The van der Waals surface area contributed by atoms with Crippen molar-refractivity contribution in [2.45, 2.75) is 37.8 Å². The van der Waals surface area contributed by atoms with Crippen molar-refractivity contribution >= 4 is 17.7 Å². The predicted molar refractivity (Wildman–Crippen MR) is 128 cm³/mol. The van der Waals surface area contributed by atoms with E-state index in [9.17, 15) is 28.3 Å². The Morgan fingerprint density at radius 3 is 1.97 bits per heavy atom. The third-order valence-corrected chi connectivity index (χ3v) is 7.17. The maximum Gasteiger partial charge on any atom is 0.327 e. The molecule has 5 nitrogen and oxygen atoms in total. The molecule has 4 unspecified atom stereocenters. The molecule has 4 atom stereocenters. The van der Waals surface area contributed by atoms with E-state index >= 15 is 0 Å². The summed E-state index contributed by atoms with van der Waals surface area (Å²) in [6, 6.07) is 15.6. The molecule has 3 aromatic carbocycles. The van der Waals surface area contributed by atoms with Gasteiger partial charge >= 0.3 is 5.97 Å². The number of carbonyl (C=O) groups excluding carboxylic acids is 2. The monoisotopic (exact) mass is 489 g/mol. The van der Waals surface area contributed by atoms with Gasteiger partial charge in [-0.3, -0.25) is 9.59 Å². The standard InChI is InChI=1S/C29H25F2NO4/c1-16-3-2-4-20(15-16)27(33)24-23(17-7-11-21(30)12-8-17)26(29(35)36)32(28(34)19-5-6-19)25(24)18-9-13-22(31)14-10-18/h2-4,7-15,19,23-26H,5-6H2,1H3,(H,35,36). The summed E-state index contributed by atoms with van der Waals surface area (Å²) in [4.78, 5) is 41.8. The van der Waals surface area contributed by atoms with Gasteiger partial charge in [-0.15, -0.1) is 0 Å². The molecule has 1 saturated heterocycles. The highest BCUT2D eigenvalue weighted by molar-refractivity contribution is 6.01. The predicted octanol–water partition coefficient (Wildman–Crippen LogP) is 5.30. The number of ketones is 1. The molecule has 5 rings (SSSR count). The third-order valence-electron chi connectivity index (χ3n) is 7.17. The van der Waals surface area contributed by atoms with Gasteiger partial charge in [0.05, 0.1) is 12.0 Å². The van der Waals surface area contributed by atoms with Crippen molar-refractivity contribution in [1.82, 2.24) is 4.90 Å². The number of likely N-dealkylation sites (tertiary alicyclic amines) is 1. The molecule has 0 spiro atoms. The Morgan fingerprint density at radius 2 is 1.44 bits per heavy atom. The lowest BCUT2D eigenvalue weighted by molar-refractivity contribution is -0.150. The Labute approximate surface area is 207 Å². The second kappa shape index (κ2) is 9.30. The molecular weight excluding hydrogens is 464 g/mol. The van der Waals surface area contributed by atoms with Crippen LogP contribution in [0.15, 0.2) is 72.8 Å². The molecule has 1 amide bonds. The van der Waals surface area contributed by atoms with E-state index in [1.807, 2.05) is 13.0 Å². The minimum absolute atomic E-state index is 0.309. The van der Waals surface area contributed by atoms with Gasteiger partial charge in [-0.25, -0.2) is 13.6 Å². The molecule has 184 valence electrons. The van der Waals surface area contributed by atoms with E-state index in [4.69, 9.17) is 0 Å². The normalized spacial score (nSPS) is 23.5. The summed E-state index contributed by atoms with van der Waals surface area (Å²) in [6.07, 6.45) is 1.30. The summed E-state index contributed by atoms with van der Waals surface area (Å²) in [5.74, 6) is -5.10. The van der Waals surface area contributed by atoms with Crippen molar-refractivity contribution in [3.8, 4) is 0 Å². The van der Waals surface area contributed by atoms with E-state index in [2.05, 4.69) is 0 Å². The Hall–Kier alpha value is -3.87. The quantitative estimate of drug-likeness (QED) is 0.477. The molecule has 1 aliphatic heterocycles. The largest absolute Gasteiger partial charge is 0.480 e. The van der Waals surface area contributed by atoms with Gasteiger partial charge in [0.1, 0.15) is 17.7 Å². The number of benzene rings is 3. The molecule has 1 aliphatic carbocycles. The molecule has 0 bridgehead atoms. The van der Waals surface area contributed by atoms with Crippen LogP contribution in [0.5, 0.6) is 0 Å². The topological polar surface area (TPSA) is 74.7 Å². The van der Waals surface area contributed by atoms with Crippen molar-refractivity contribution in [3.05, 3.63) is 107 Å². The minimum Gasteiger partial charge on any atom is -0.480 e. The van der Waals surface area contributed by atoms with E-state index in [-0.39, 0.29) is 17.6 Å². The van der Waals surface area contributed by atoms with Crippen molar-refractivity contribution in [2.75, 3.05) is 0 Å². The van der Waals surface area contributed by atoms with Gasteiger partial charge in [0, 0.05) is 17.4 Å². The van der Waals surface area contributed by atoms with E-state index in [0.717, 1.165) is 5.56 Å². The second-order valence-electron chi connectivity index (χ2n) is 9.64. The summed E-state index contributed by atoms with van der Waals surface area (Å²) in [5, 5.41) is 10.4. The smallest absolute Gasteiger partial charge is 0.327 e. The number of carboxylic acids is 1. The zero-order chi connectivity index (χ0) is 25.6. The van der Waals surface area contributed by atoms with Crippen LogP contribution in [0, 0.1) is 30.4 Å². The number of carbonyl (C=O) groups is 3. The number of Topliss-reactive ketones (excluding diaryl/α,β-unsaturated/α-hetero) is 1. The molecule has 3 aromatic rings. The highest BCUT2D eigenvalue weighted by Crippen LogP contribution is 2.53. The molecule has 0 radical (unpaired) electrons. The zero-order valence-corrected chi connectivity index (χ0v) is 19.6. The van der Waals surface area contributed by atoms with Crippen molar-refractivity contribution in [1.29, 1.82) is 0 Å². The van der Waals surface area contributed by atoms with Crippen LogP contribution in [0.3, 0.4) is 0 Å². The first kappa shape index (κ1) is 23.9. The molecule has 7 heteroatoms. The average molecular weight is 490 g/mol. The van der Waals surface area contributed by atoms with Crippen LogP contribution in [0.1, 0.15) is 51.8 Å². The SMILES string of the molecule is Cc1cccc(C(=O)C2C(c3ccc(F)cc3)C(C(=O)O)N(C(=O)C3CC3)C2c2ccc(F)cc2)c1. The fraction of sp³-hybridized carbons (Fsp3) is 0.276. The molecule has 1 N–H and O–H groups in total. The first-order valence-electron chi connectivity index (χ1n) is 11.9.